The van der Waals surface area contributed by atoms with Crippen LogP contribution in [0, 0.1) is 5.82 Å². The zero-order valence-corrected chi connectivity index (χ0v) is 20.9. The third-order valence-corrected chi connectivity index (χ3v) is 9.12. The van der Waals surface area contributed by atoms with Gasteiger partial charge >= 0.3 is 0 Å². The molecule has 0 aliphatic carbocycles. The zero-order valence-electron chi connectivity index (χ0n) is 18.5. The van der Waals surface area contributed by atoms with Gasteiger partial charge in [-0.05, 0) is 25.1 Å². The SMILES string of the molecule is CCn1c(=O)/c(=C2\Sc3cc(F)ccc3N2C)s/c1=C\c1scc[n+]1C(C)c1ccccc1. The van der Waals surface area contributed by atoms with Crippen molar-refractivity contribution in [2.75, 3.05) is 11.9 Å². The van der Waals surface area contributed by atoms with Gasteiger partial charge in [-0.1, -0.05) is 53.4 Å². The van der Waals surface area contributed by atoms with E-state index >= 15 is 0 Å². The number of hydrogen-bond acceptors (Lipinski definition) is 5. The van der Waals surface area contributed by atoms with Crippen LogP contribution in [0.15, 0.2) is 69.8 Å². The number of anilines is 1. The Hall–Kier alpha value is -2.68. The second-order valence-corrected chi connectivity index (χ2v) is 10.8. The summed E-state index contributed by atoms with van der Waals surface area (Å²) in [6.07, 6.45) is 4.20. The molecule has 0 bridgehead atoms. The minimum absolute atomic E-state index is 0.00408. The minimum Gasteiger partial charge on any atom is -0.337 e. The van der Waals surface area contributed by atoms with E-state index < -0.39 is 0 Å². The van der Waals surface area contributed by atoms with Crippen molar-refractivity contribution >= 4 is 51.2 Å². The molecule has 0 spiro atoms. The molecular weight excluding hydrogens is 473 g/mol. The molecule has 4 aromatic rings. The summed E-state index contributed by atoms with van der Waals surface area (Å²) in [6.45, 7) is 4.76. The van der Waals surface area contributed by atoms with Crippen LogP contribution in [-0.4, -0.2) is 11.6 Å². The van der Waals surface area contributed by atoms with Gasteiger partial charge in [0.1, 0.15) is 20.0 Å². The van der Waals surface area contributed by atoms with Crippen LogP contribution in [0.2, 0.25) is 0 Å². The molecule has 1 atom stereocenters. The lowest BCUT2D eigenvalue weighted by Crippen LogP contribution is -2.39. The predicted molar refractivity (Wildman–Crippen MR) is 136 cm³/mol. The minimum atomic E-state index is -0.267. The molecule has 2 aromatic heterocycles. The molecule has 4 nitrogen and oxygen atoms in total. The third-order valence-electron chi connectivity index (χ3n) is 5.83. The maximum atomic E-state index is 13.7. The first-order valence-electron chi connectivity index (χ1n) is 10.7. The standard InChI is InChI=1S/C25H23FN3OS3/c1-4-28-22(15-21-29(12-13-31-21)16(2)17-8-6-5-7-9-17)33-23(24(28)30)25-27(3)19-11-10-18(26)14-20(19)32-25/h5-16H,4H2,1-3H3/q+1/b25-23+. The Balaban J connectivity index is 1.63. The quantitative estimate of drug-likeness (QED) is 0.397. The van der Waals surface area contributed by atoms with E-state index in [1.807, 2.05) is 29.5 Å². The van der Waals surface area contributed by atoms with Crippen LogP contribution < -0.4 is 24.2 Å². The monoisotopic (exact) mass is 496 g/mol. The zero-order chi connectivity index (χ0) is 23.1. The number of aromatic nitrogens is 2. The fourth-order valence-corrected chi connectivity index (χ4v) is 7.43. The van der Waals surface area contributed by atoms with Gasteiger partial charge in [0.15, 0.2) is 12.2 Å². The molecule has 0 fully saturated rings. The summed E-state index contributed by atoms with van der Waals surface area (Å²) in [4.78, 5) is 16.2. The number of thiazole rings is 2. The molecule has 5 rings (SSSR count). The van der Waals surface area contributed by atoms with Gasteiger partial charge in [-0.2, -0.15) is 4.57 Å². The number of nitrogens with zero attached hydrogens (tertiary/aromatic N) is 3. The smallest absolute Gasteiger partial charge is 0.271 e. The van der Waals surface area contributed by atoms with Gasteiger partial charge < -0.3 is 4.90 Å². The van der Waals surface area contributed by atoms with Crippen LogP contribution in [-0.2, 0) is 6.54 Å². The van der Waals surface area contributed by atoms with Gasteiger partial charge in [0, 0.05) is 31.0 Å². The highest BCUT2D eigenvalue weighted by Crippen LogP contribution is 2.45. The molecule has 1 aliphatic rings. The Morgan fingerprint density at radius 1 is 1.18 bits per heavy atom. The van der Waals surface area contributed by atoms with Crippen molar-refractivity contribution in [3.05, 3.63) is 96.0 Å². The Labute approximate surface area is 203 Å². The molecule has 0 saturated heterocycles. The summed E-state index contributed by atoms with van der Waals surface area (Å²) in [5, 5.41) is 4.02. The largest absolute Gasteiger partial charge is 0.337 e. The van der Waals surface area contributed by atoms with Crippen LogP contribution in [0.3, 0.4) is 0 Å². The van der Waals surface area contributed by atoms with Crippen LogP contribution >= 0.6 is 34.4 Å². The average molecular weight is 497 g/mol. The molecular formula is C25H23FN3OS3+. The van der Waals surface area contributed by atoms with Gasteiger partial charge in [0.05, 0.1) is 17.1 Å². The summed E-state index contributed by atoms with van der Waals surface area (Å²) in [7, 11) is 1.93. The number of halogens is 1. The van der Waals surface area contributed by atoms with Crippen LogP contribution in [0.25, 0.3) is 11.1 Å². The van der Waals surface area contributed by atoms with Crippen LogP contribution in [0.4, 0.5) is 10.1 Å². The second-order valence-electron chi connectivity index (χ2n) is 7.78. The predicted octanol–water partition coefficient (Wildman–Crippen LogP) is 4.16. The highest BCUT2D eigenvalue weighted by molar-refractivity contribution is 8.08. The van der Waals surface area contributed by atoms with E-state index in [-0.39, 0.29) is 17.4 Å². The Kier molecular flexibility index (Phi) is 5.99. The summed E-state index contributed by atoms with van der Waals surface area (Å²) < 4.78 is 19.4. The number of benzene rings is 2. The fraction of sp³-hybridized carbons (Fsp3) is 0.200. The average Bonchev–Trinajstić information content (AvgIpc) is 3.50. The summed E-state index contributed by atoms with van der Waals surface area (Å²) in [5.74, 6) is -0.267. The Morgan fingerprint density at radius 3 is 2.73 bits per heavy atom. The van der Waals surface area contributed by atoms with Crippen molar-refractivity contribution in [2.24, 2.45) is 0 Å². The highest BCUT2D eigenvalue weighted by atomic mass is 32.2. The molecule has 0 N–H and O–H groups in total. The van der Waals surface area contributed by atoms with E-state index in [9.17, 15) is 9.18 Å². The van der Waals surface area contributed by atoms with E-state index in [1.54, 1.807) is 17.4 Å². The molecule has 8 heteroatoms. The van der Waals surface area contributed by atoms with E-state index in [0.29, 0.717) is 11.1 Å². The van der Waals surface area contributed by atoms with Gasteiger partial charge in [0.25, 0.3) is 10.6 Å². The fourth-order valence-electron chi connectivity index (χ4n) is 4.02. The van der Waals surface area contributed by atoms with E-state index in [2.05, 4.69) is 53.4 Å². The molecule has 1 unspecified atom stereocenters. The van der Waals surface area contributed by atoms with E-state index in [4.69, 9.17) is 0 Å². The van der Waals surface area contributed by atoms with Crippen LogP contribution in [0.1, 0.15) is 30.5 Å². The molecule has 2 aromatic carbocycles. The molecule has 0 amide bonds. The van der Waals surface area contributed by atoms with Gasteiger partial charge in [0.2, 0.25) is 0 Å². The van der Waals surface area contributed by atoms with E-state index in [1.165, 1.54) is 40.8 Å². The Bertz CT molecular complexity index is 1500. The molecule has 1 aliphatic heterocycles. The van der Waals surface area contributed by atoms with Crippen LogP contribution in [0.5, 0.6) is 0 Å². The topological polar surface area (TPSA) is 29.1 Å². The molecule has 0 saturated carbocycles. The number of fused-ring (bicyclic) bond motifs is 1. The van der Waals surface area contributed by atoms with Gasteiger partial charge in [-0.25, -0.2) is 4.39 Å². The molecule has 168 valence electrons. The van der Waals surface area contributed by atoms with Crippen molar-refractivity contribution in [1.82, 2.24) is 4.57 Å². The molecule has 0 radical (unpaired) electrons. The third kappa shape index (κ3) is 3.96. The first-order valence-corrected chi connectivity index (χ1v) is 13.2. The summed E-state index contributed by atoms with van der Waals surface area (Å²) in [6, 6.07) is 15.3. The second kappa shape index (κ2) is 8.93. The maximum Gasteiger partial charge on any atom is 0.271 e. The molecule has 3 heterocycles. The number of thioether (sulfide) groups is 1. The first kappa shape index (κ1) is 22.1. The van der Waals surface area contributed by atoms with Crippen molar-refractivity contribution in [2.45, 2.75) is 31.3 Å². The normalized spacial score (nSPS) is 16.4. The lowest BCUT2D eigenvalue weighted by molar-refractivity contribution is -0.707. The number of rotatable bonds is 4. The molecule has 33 heavy (non-hydrogen) atoms. The lowest BCUT2D eigenvalue weighted by Gasteiger charge is -2.12. The van der Waals surface area contributed by atoms with Crippen molar-refractivity contribution in [3.8, 4) is 0 Å². The van der Waals surface area contributed by atoms with Gasteiger partial charge in [-0.15, -0.1) is 11.3 Å². The van der Waals surface area contributed by atoms with Crippen molar-refractivity contribution < 1.29 is 8.96 Å². The first-order chi connectivity index (χ1) is 16.0. The number of hydrogen-bond donors (Lipinski definition) is 0. The van der Waals surface area contributed by atoms with Crippen molar-refractivity contribution in [1.29, 1.82) is 0 Å². The van der Waals surface area contributed by atoms with Crippen molar-refractivity contribution in [3.63, 3.8) is 0 Å². The summed E-state index contributed by atoms with van der Waals surface area (Å²) in [5.41, 5.74) is 2.15. The van der Waals surface area contributed by atoms with Gasteiger partial charge in [-0.3, -0.25) is 9.36 Å². The Morgan fingerprint density at radius 2 is 1.97 bits per heavy atom. The lowest BCUT2D eigenvalue weighted by atomic mass is 10.1. The summed E-state index contributed by atoms with van der Waals surface area (Å²) >= 11 is 4.61. The van der Waals surface area contributed by atoms with E-state index in [0.717, 1.165) is 25.3 Å². The maximum absolute atomic E-state index is 13.7. The highest BCUT2D eigenvalue weighted by Gasteiger charge is 2.26.